The van der Waals surface area contributed by atoms with Crippen LogP contribution in [-0.4, -0.2) is 42.2 Å². The lowest BCUT2D eigenvalue weighted by Crippen LogP contribution is -2.13. The van der Waals surface area contributed by atoms with Crippen molar-refractivity contribution in [3.63, 3.8) is 0 Å². The van der Waals surface area contributed by atoms with Gasteiger partial charge in [0.2, 0.25) is 0 Å². The number of hydrogen-bond acceptors (Lipinski definition) is 3. The molecule has 0 spiro atoms. The first-order chi connectivity index (χ1) is 10.6. The molecule has 0 aliphatic rings. The van der Waals surface area contributed by atoms with Crippen molar-refractivity contribution in [2.75, 3.05) is 27.7 Å². The van der Waals surface area contributed by atoms with Gasteiger partial charge in [-0.2, -0.15) is 0 Å². The van der Waals surface area contributed by atoms with Crippen LogP contribution in [0.1, 0.15) is 30.3 Å². The minimum absolute atomic E-state index is 0. The van der Waals surface area contributed by atoms with Crippen LogP contribution in [0.3, 0.4) is 0 Å². The second-order valence-corrected chi connectivity index (χ2v) is 5.88. The van der Waals surface area contributed by atoms with Crippen LogP contribution in [0, 0.1) is 0 Å². The van der Waals surface area contributed by atoms with Crippen LogP contribution in [0.25, 0.3) is 0 Å². The van der Waals surface area contributed by atoms with E-state index in [4.69, 9.17) is 4.74 Å². The molecule has 0 unspecified atom stereocenters. The fraction of sp³-hybridized carbons (Fsp3) is 0.500. The van der Waals surface area contributed by atoms with E-state index < -0.39 is 0 Å². The van der Waals surface area contributed by atoms with Crippen molar-refractivity contribution in [1.29, 1.82) is 0 Å². The highest BCUT2D eigenvalue weighted by molar-refractivity contribution is 5.85. The first-order valence-electron chi connectivity index (χ1n) is 7.94. The number of nitrogens with zero attached hydrogens (tertiary/aromatic N) is 3. The molecule has 0 N–H and O–H groups in total. The van der Waals surface area contributed by atoms with Gasteiger partial charge in [-0.25, -0.2) is 4.98 Å². The first kappa shape index (κ1) is 19.5. The monoisotopic (exact) mass is 337 g/mol. The van der Waals surface area contributed by atoms with Crippen LogP contribution >= 0.6 is 12.4 Å². The summed E-state index contributed by atoms with van der Waals surface area (Å²) in [6.45, 7) is 4.06. The fourth-order valence-corrected chi connectivity index (χ4v) is 2.69. The number of aromatic nitrogens is 2. The summed E-state index contributed by atoms with van der Waals surface area (Å²) in [6.07, 6.45) is 7.12. The lowest BCUT2D eigenvalue weighted by molar-refractivity contribution is 0.399. The SMILES string of the molecule is CCc1nccn1Cc1cc(CCCN(C)C)ccc1OC.Cl. The summed E-state index contributed by atoms with van der Waals surface area (Å²) >= 11 is 0. The third-order valence-electron chi connectivity index (χ3n) is 3.87. The lowest BCUT2D eigenvalue weighted by atomic mass is 10.0. The van der Waals surface area contributed by atoms with Gasteiger partial charge in [0.15, 0.2) is 0 Å². The molecular weight excluding hydrogens is 310 g/mol. The van der Waals surface area contributed by atoms with Crippen molar-refractivity contribution in [2.45, 2.75) is 32.7 Å². The highest BCUT2D eigenvalue weighted by Crippen LogP contribution is 2.22. The van der Waals surface area contributed by atoms with E-state index in [2.05, 4.69) is 53.7 Å². The molecule has 2 rings (SSSR count). The van der Waals surface area contributed by atoms with E-state index in [0.29, 0.717) is 0 Å². The number of methoxy groups -OCH3 is 1. The molecule has 0 aliphatic heterocycles. The van der Waals surface area contributed by atoms with Gasteiger partial charge in [0.05, 0.1) is 13.7 Å². The van der Waals surface area contributed by atoms with Crippen LogP contribution in [-0.2, 0) is 19.4 Å². The topological polar surface area (TPSA) is 30.3 Å². The molecule has 2 aromatic rings. The van der Waals surface area contributed by atoms with Crippen LogP contribution in [0.15, 0.2) is 30.6 Å². The Morgan fingerprint density at radius 1 is 1.26 bits per heavy atom. The summed E-state index contributed by atoms with van der Waals surface area (Å²) in [4.78, 5) is 6.62. The lowest BCUT2D eigenvalue weighted by Gasteiger charge is -2.14. The predicted octanol–water partition coefficient (Wildman–Crippen LogP) is 3.42. The van der Waals surface area contributed by atoms with Crippen molar-refractivity contribution < 1.29 is 4.74 Å². The molecule has 4 nitrogen and oxygen atoms in total. The normalized spacial score (nSPS) is 10.7. The molecule has 1 aromatic heterocycles. The smallest absolute Gasteiger partial charge is 0.123 e. The van der Waals surface area contributed by atoms with Crippen molar-refractivity contribution in [3.8, 4) is 5.75 Å². The van der Waals surface area contributed by atoms with E-state index in [1.54, 1.807) is 7.11 Å². The van der Waals surface area contributed by atoms with Gasteiger partial charge >= 0.3 is 0 Å². The third kappa shape index (κ3) is 5.56. The Kier molecular flexibility index (Phi) is 8.13. The van der Waals surface area contributed by atoms with Gasteiger partial charge in [0.1, 0.15) is 11.6 Å². The largest absolute Gasteiger partial charge is 0.496 e. The van der Waals surface area contributed by atoms with Gasteiger partial charge in [-0.05, 0) is 45.1 Å². The minimum Gasteiger partial charge on any atom is -0.496 e. The number of aryl methyl sites for hydroxylation is 2. The molecule has 0 saturated carbocycles. The Bertz CT molecular complexity index is 596. The molecule has 0 atom stereocenters. The molecular formula is C18H28ClN3O. The fourth-order valence-electron chi connectivity index (χ4n) is 2.69. The number of rotatable bonds is 8. The quantitative estimate of drug-likeness (QED) is 0.739. The van der Waals surface area contributed by atoms with Gasteiger partial charge in [0, 0.05) is 24.4 Å². The highest BCUT2D eigenvalue weighted by Gasteiger charge is 2.08. The molecule has 1 heterocycles. The van der Waals surface area contributed by atoms with E-state index in [1.165, 1.54) is 17.5 Å². The average molecular weight is 338 g/mol. The first-order valence-corrected chi connectivity index (χ1v) is 7.94. The standard InChI is InChI=1S/C18H27N3O.ClH/c1-5-18-19-10-12-21(18)14-16-13-15(7-6-11-20(2)3)8-9-17(16)22-4;/h8-10,12-13H,5-7,11,14H2,1-4H3;1H. The Labute approximate surface area is 145 Å². The molecule has 23 heavy (non-hydrogen) atoms. The third-order valence-corrected chi connectivity index (χ3v) is 3.87. The number of ether oxygens (including phenoxy) is 1. The maximum Gasteiger partial charge on any atom is 0.123 e. The Balaban J connectivity index is 0.00000264. The Morgan fingerprint density at radius 2 is 2.04 bits per heavy atom. The minimum atomic E-state index is 0. The number of benzene rings is 1. The molecule has 0 saturated heterocycles. The van der Waals surface area contributed by atoms with Crippen molar-refractivity contribution in [1.82, 2.24) is 14.5 Å². The molecule has 1 aromatic carbocycles. The maximum absolute atomic E-state index is 5.52. The van der Waals surface area contributed by atoms with Crippen LogP contribution < -0.4 is 4.74 Å². The molecule has 0 fully saturated rings. The van der Waals surface area contributed by atoms with Gasteiger partial charge < -0.3 is 14.2 Å². The molecule has 128 valence electrons. The number of halogens is 1. The van der Waals surface area contributed by atoms with E-state index >= 15 is 0 Å². The van der Waals surface area contributed by atoms with Crippen molar-refractivity contribution >= 4 is 12.4 Å². The summed E-state index contributed by atoms with van der Waals surface area (Å²) in [5.41, 5.74) is 2.59. The summed E-state index contributed by atoms with van der Waals surface area (Å²) in [6, 6.07) is 6.53. The van der Waals surface area contributed by atoms with Gasteiger partial charge in [0.25, 0.3) is 0 Å². The highest BCUT2D eigenvalue weighted by atomic mass is 35.5. The van der Waals surface area contributed by atoms with Crippen LogP contribution in [0.4, 0.5) is 0 Å². The molecule has 5 heteroatoms. The van der Waals surface area contributed by atoms with E-state index in [-0.39, 0.29) is 12.4 Å². The van der Waals surface area contributed by atoms with Gasteiger partial charge in [-0.3, -0.25) is 0 Å². The van der Waals surface area contributed by atoms with Gasteiger partial charge in [-0.1, -0.05) is 19.1 Å². The van der Waals surface area contributed by atoms with Crippen LogP contribution in [0.2, 0.25) is 0 Å². The van der Waals surface area contributed by atoms with Crippen molar-refractivity contribution in [3.05, 3.63) is 47.5 Å². The van der Waals surface area contributed by atoms with Crippen LogP contribution in [0.5, 0.6) is 5.75 Å². The van der Waals surface area contributed by atoms with E-state index in [9.17, 15) is 0 Å². The molecule has 0 amide bonds. The summed E-state index contributed by atoms with van der Waals surface area (Å²) in [7, 11) is 5.97. The predicted molar refractivity (Wildman–Crippen MR) is 97.8 cm³/mol. The second-order valence-electron chi connectivity index (χ2n) is 5.88. The number of imidazole rings is 1. The molecule has 0 bridgehead atoms. The van der Waals surface area contributed by atoms with Crippen molar-refractivity contribution in [2.24, 2.45) is 0 Å². The maximum atomic E-state index is 5.52. The second kappa shape index (κ2) is 9.58. The zero-order valence-electron chi connectivity index (χ0n) is 14.6. The van der Waals surface area contributed by atoms with E-state index in [1.807, 2.05) is 12.4 Å². The Hall–Kier alpha value is -1.52. The Morgan fingerprint density at radius 3 is 2.70 bits per heavy atom. The summed E-state index contributed by atoms with van der Waals surface area (Å²) in [5.74, 6) is 2.06. The molecule has 0 aliphatic carbocycles. The summed E-state index contributed by atoms with van der Waals surface area (Å²) < 4.78 is 7.72. The zero-order chi connectivity index (χ0) is 15.9. The van der Waals surface area contributed by atoms with Gasteiger partial charge in [-0.15, -0.1) is 12.4 Å². The zero-order valence-corrected chi connectivity index (χ0v) is 15.4. The summed E-state index contributed by atoms with van der Waals surface area (Å²) in [5, 5.41) is 0. The van der Waals surface area contributed by atoms with E-state index in [0.717, 1.165) is 37.5 Å². The molecule has 0 radical (unpaired) electrons. The number of hydrogen-bond donors (Lipinski definition) is 0. The average Bonchev–Trinajstić information content (AvgIpc) is 2.94.